The summed E-state index contributed by atoms with van der Waals surface area (Å²) >= 11 is 1.49. The van der Waals surface area contributed by atoms with E-state index in [1.54, 1.807) is 18.2 Å². The first-order valence-corrected chi connectivity index (χ1v) is 9.73. The maximum atomic E-state index is 12.8. The van der Waals surface area contributed by atoms with E-state index in [0.717, 1.165) is 37.7 Å². The Balaban J connectivity index is 1.95. The van der Waals surface area contributed by atoms with Gasteiger partial charge >= 0.3 is 5.97 Å². The van der Waals surface area contributed by atoms with Crippen LogP contribution >= 0.6 is 11.3 Å². The van der Waals surface area contributed by atoms with Gasteiger partial charge in [0.25, 0.3) is 5.91 Å². The Labute approximate surface area is 157 Å². The van der Waals surface area contributed by atoms with Gasteiger partial charge in [-0.15, -0.1) is 11.3 Å². The number of benzene rings is 1. The number of hydrogen-bond acceptors (Lipinski definition) is 5. The zero-order chi connectivity index (χ0) is 18.5. The third-order valence-electron chi connectivity index (χ3n) is 4.47. The summed E-state index contributed by atoms with van der Waals surface area (Å²) in [7, 11) is 1.37. The molecule has 0 fully saturated rings. The molecule has 1 heterocycles. The lowest BCUT2D eigenvalue weighted by Crippen LogP contribution is -2.15. The van der Waals surface area contributed by atoms with Crippen molar-refractivity contribution >= 4 is 28.2 Å². The van der Waals surface area contributed by atoms with E-state index < -0.39 is 5.97 Å². The predicted octanol–water partition coefficient (Wildman–Crippen LogP) is 4.45. The highest BCUT2D eigenvalue weighted by Crippen LogP contribution is 2.38. The Kier molecular flexibility index (Phi) is 5.93. The second-order valence-electron chi connectivity index (χ2n) is 6.14. The summed E-state index contributed by atoms with van der Waals surface area (Å²) in [4.78, 5) is 26.4. The molecule has 1 amide bonds. The molecule has 138 valence electrons. The van der Waals surface area contributed by atoms with Crippen molar-refractivity contribution in [3.63, 3.8) is 0 Å². The number of carbonyl (C=O) groups is 2. The third-order valence-corrected chi connectivity index (χ3v) is 5.68. The molecular weight excluding hydrogens is 350 g/mol. The molecule has 6 heteroatoms. The Hall–Kier alpha value is -2.34. The van der Waals surface area contributed by atoms with E-state index in [4.69, 9.17) is 9.47 Å². The van der Waals surface area contributed by atoms with Crippen molar-refractivity contribution in [2.75, 3.05) is 19.0 Å². The molecule has 1 aromatic carbocycles. The minimum atomic E-state index is -0.391. The number of hydrogen-bond donors (Lipinski definition) is 1. The lowest BCUT2D eigenvalue weighted by atomic mass is 10.1. The molecule has 1 N–H and O–H groups in total. The molecule has 0 aliphatic heterocycles. The molecular formula is C20H23NO4S. The van der Waals surface area contributed by atoms with Crippen LogP contribution in [0.25, 0.3) is 0 Å². The number of aryl methyl sites for hydroxylation is 1. The summed E-state index contributed by atoms with van der Waals surface area (Å²) in [5.41, 5.74) is 2.00. The fourth-order valence-corrected chi connectivity index (χ4v) is 4.53. The van der Waals surface area contributed by atoms with Gasteiger partial charge in [-0.2, -0.15) is 0 Å². The minimum Gasteiger partial charge on any atom is -0.493 e. The molecule has 0 unspecified atom stereocenters. The third kappa shape index (κ3) is 3.75. The quantitative estimate of drug-likeness (QED) is 0.621. The van der Waals surface area contributed by atoms with Gasteiger partial charge in [-0.05, 0) is 50.3 Å². The first-order valence-electron chi connectivity index (χ1n) is 8.91. The molecule has 2 aromatic rings. The van der Waals surface area contributed by atoms with Crippen LogP contribution in [-0.2, 0) is 17.6 Å². The number of carbonyl (C=O) groups excluding carboxylic acids is 2. The molecule has 0 spiro atoms. The second-order valence-corrected chi connectivity index (χ2v) is 7.25. The summed E-state index contributed by atoms with van der Waals surface area (Å²) in [5, 5.41) is 3.49. The van der Waals surface area contributed by atoms with Gasteiger partial charge in [0, 0.05) is 4.88 Å². The number of amides is 1. The van der Waals surface area contributed by atoms with Crippen LogP contribution in [0.1, 0.15) is 57.3 Å². The molecule has 26 heavy (non-hydrogen) atoms. The average Bonchev–Trinajstić information content (AvgIpc) is 2.82. The van der Waals surface area contributed by atoms with Crippen molar-refractivity contribution in [1.29, 1.82) is 0 Å². The Morgan fingerprint density at radius 2 is 1.92 bits per heavy atom. The van der Waals surface area contributed by atoms with Gasteiger partial charge in [0.1, 0.15) is 10.8 Å². The van der Waals surface area contributed by atoms with E-state index in [1.165, 1.54) is 23.3 Å². The van der Waals surface area contributed by atoms with E-state index >= 15 is 0 Å². The molecule has 5 nitrogen and oxygen atoms in total. The summed E-state index contributed by atoms with van der Waals surface area (Å²) in [6.45, 7) is 2.35. The molecule has 1 aliphatic rings. The highest BCUT2D eigenvalue weighted by atomic mass is 32.1. The van der Waals surface area contributed by atoms with Gasteiger partial charge in [-0.25, -0.2) is 4.79 Å². The first kappa shape index (κ1) is 18.5. The molecule has 1 aromatic heterocycles. The van der Waals surface area contributed by atoms with Crippen LogP contribution in [0.5, 0.6) is 5.75 Å². The van der Waals surface area contributed by atoms with Crippen LogP contribution in [0.15, 0.2) is 24.3 Å². The maximum Gasteiger partial charge on any atom is 0.341 e. The summed E-state index contributed by atoms with van der Waals surface area (Å²) in [6.07, 6.45) is 5.10. The van der Waals surface area contributed by atoms with Crippen molar-refractivity contribution in [2.45, 2.75) is 39.0 Å². The topological polar surface area (TPSA) is 64.6 Å². The number of rotatable bonds is 5. The summed E-state index contributed by atoms with van der Waals surface area (Å²) in [6, 6.07) is 7.11. The Morgan fingerprint density at radius 3 is 2.69 bits per heavy atom. The van der Waals surface area contributed by atoms with Gasteiger partial charge < -0.3 is 14.8 Å². The van der Waals surface area contributed by atoms with Gasteiger partial charge in [0.05, 0.1) is 24.8 Å². The Bertz CT molecular complexity index is 812. The molecule has 0 bridgehead atoms. The fraction of sp³-hybridized carbons (Fsp3) is 0.400. The van der Waals surface area contributed by atoms with E-state index in [1.807, 2.05) is 13.0 Å². The van der Waals surface area contributed by atoms with E-state index in [9.17, 15) is 9.59 Å². The number of methoxy groups -OCH3 is 1. The van der Waals surface area contributed by atoms with Crippen molar-refractivity contribution in [3.05, 3.63) is 45.8 Å². The van der Waals surface area contributed by atoms with Crippen molar-refractivity contribution in [3.8, 4) is 5.75 Å². The normalized spacial score (nSPS) is 13.5. The molecule has 0 atom stereocenters. The number of thiophene rings is 1. The second kappa shape index (κ2) is 8.36. The van der Waals surface area contributed by atoms with E-state index in [0.29, 0.717) is 28.5 Å². The minimum absolute atomic E-state index is 0.282. The van der Waals surface area contributed by atoms with Crippen LogP contribution in [-0.4, -0.2) is 25.6 Å². The van der Waals surface area contributed by atoms with Crippen molar-refractivity contribution in [1.82, 2.24) is 0 Å². The number of nitrogens with one attached hydrogen (secondary N) is 1. The summed E-state index contributed by atoms with van der Waals surface area (Å²) in [5.74, 6) is -0.140. The molecule has 0 saturated carbocycles. The predicted molar refractivity (Wildman–Crippen MR) is 102 cm³/mol. The zero-order valence-corrected chi connectivity index (χ0v) is 15.9. The lowest BCUT2D eigenvalue weighted by Gasteiger charge is -2.11. The number of esters is 1. The highest BCUT2D eigenvalue weighted by molar-refractivity contribution is 7.17. The van der Waals surface area contributed by atoms with Gasteiger partial charge in [-0.1, -0.05) is 18.6 Å². The SMILES string of the molecule is CCOc1ccccc1C(=O)Nc1sc2c(c1C(=O)OC)CCCCC2. The van der Waals surface area contributed by atoms with Crippen LogP contribution in [0.2, 0.25) is 0 Å². The highest BCUT2D eigenvalue weighted by Gasteiger charge is 2.27. The lowest BCUT2D eigenvalue weighted by molar-refractivity contribution is 0.0601. The smallest absolute Gasteiger partial charge is 0.341 e. The van der Waals surface area contributed by atoms with Crippen LogP contribution in [0.4, 0.5) is 5.00 Å². The average molecular weight is 373 g/mol. The number of para-hydroxylation sites is 1. The first-order chi connectivity index (χ1) is 12.7. The van der Waals surface area contributed by atoms with E-state index in [-0.39, 0.29) is 5.91 Å². The monoisotopic (exact) mass is 373 g/mol. The molecule has 3 rings (SSSR count). The number of fused-ring (bicyclic) bond motifs is 1. The maximum absolute atomic E-state index is 12.8. The van der Waals surface area contributed by atoms with Crippen LogP contribution in [0.3, 0.4) is 0 Å². The number of anilines is 1. The fourth-order valence-electron chi connectivity index (χ4n) is 3.25. The zero-order valence-electron chi connectivity index (χ0n) is 15.1. The standard InChI is InChI=1S/C20H23NO4S/c1-3-25-15-11-8-7-9-13(15)18(22)21-19-17(20(23)24-2)14-10-5-4-6-12-16(14)26-19/h7-9,11H,3-6,10,12H2,1-2H3,(H,21,22). The molecule has 0 saturated heterocycles. The van der Waals surface area contributed by atoms with Crippen molar-refractivity contribution < 1.29 is 19.1 Å². The van der Waals surface area contributed by atoms with Crippen LogP contribution < -0.4 is 10.1 Å². The largest absolute Gasteiger partial charge is 0.493 e. The number of ether oxygens (including phenoxy) is 2. The van der Waals surface area contributed by atoms with Crippen molar-refractivity contribution in [2.24, 2.45) is 0 Å². The molecule has 0 radical (unpaired) electrons. The summed E-state index contributed by atoms with van der Waals surface area (Å²) < 4.78 is 10.5. The van der Waals surface area contributed by atoms with Gasteiger partial charge in [-0.3, -0.25) is 4.79 Å². The van der Waals surface area contributed by atoms with Gasteiger partial charge in [0.15, 0.2) is 0 Å². The van der Waals surface area contributed by atoms with Gasteiger partial charge in [0.2, 0.25) is 0 Å². The van der Waals surface area contributed by atoms with Crippen LogP contribution in [0, 0.1) is 0 Å². The van der Waals surface area contributed by atoms with E-state index in [2.05, 4.69) is 5.32 Å². The Morgan fingerprint density at radius 1 is 1.15 bits per heavy atom. The molecule has 1 aliphatic carbocycles.